The van der Waals surface area contributed by atoms with Gasteiger partial charge < -0.3 is 9.80 Å². The van der Waals surface area contributed by atoms with Crippen LogP contribution in [-0.4, -0.2) is 46.9 Å². The molecule has 0 N–H and O–H groups in total. The number of halogens is 1. The lowest BCUT2D eigenvalue weighted by atomic mass is 10.2. The molecule has 1 amide bonds. The molecule has 0 saturated carbocycles. The summed E-state index contributed by atoms with van der Waals surface area (Å²) in [6.07, 6.45) is 2.04. The zero-order valence-electron chi connectivity index (χ0n) is 16.3. The Bertz CT molecular complexity index is 1050. The minimum absolute atomic E-state index is 0.00175. The Balaban J connectivity index is 1.29. The molecule has 0 atom stereocenters. The van der Waals surface area contributed by atoms with Crippen LogP contribution in [0.5, 0.6) is 0 Å². The van der Waals surface area contributed by atoms with Crippen molar-refractivity contribution in [2.75, 3.05) is 31.1 Å². The highest BCUT2D eigenvalue weighted by molar-refractivity contribution is 7.18. The van der Waals surface area contributed by atoms with Gasteiger partial charge in [0.2, 0.25) is 5.91 Å². The number of thiazole rings is 1. The van der Waals surface area contributed by atoms with Gasteiger partial charge in [-0.05, 0) is 37.1 Å². The Morgan fingerprint density at radius 3 is 2.67 bits per heavy atom. The van der Waals surface area contributed by atoms with Gasteiger partial charge in [-0.15, -0.1) is 11.3 Å². The van der Waals surface area contributed by atoms with Gasteiger partial charge in [0.1, 0.15) is 5.69 Å². The van der Waals surface area contributed by atoms with Crippen molar-refractivity contribution in [2.24, 2.45) is 0 Å². The van der Waals surface area contributed by atoms with Gasteiger partial charge >= 0.3 is 0 Å². The van der Waals surface area contributed by atoms with Gasteiger partial charge in [0, 0.05) is 43.7 Å². The van der Waals surface area contributed by atoms with Crippen molar-refractivity contribution in [1.82, 2.24) is 9.88 Å². The molecule has 0 radical (unpaired) electrons. The number of nitro groups is 1. The van der Waals surface area contributed by atoms with Crippen molar-refractivity contribution < 1.29 is 9.72 Å². The zero-order valence-corrected chi connectivity index (χ0v) is 17.9. The van der Waals surface area contributed by atoms with E-state index in [9.17, 15) is 14.9 Å². The van der Waals surface area contributed by atoms with Crippen molar-refractivity contribution >= 4 is 50.4 Å². The molecule has 156 valence electrons. The Kier molecular flexibility index (Phi) is 6.15. The van der Waals surface area contributed by atoms with Crippen molar-refractivity contribution in [3.05, 3.63) is 62.6 Å². The second-order valence-electron chi connectivity index (χ2n) is 7.19. The normalized spacial score (nSPS) is 14.3. The molecule has 1 aromatic heterocycles. The van der Waals surface area contributed by atoms with E-state index in [-0.39, 0.29) is 11.6 Å². The van der Waals surface area contributed by atoms with Crippen LogP contribution in [0, 0.1) is 10.1 Å². The predicted octanol–water partition coefficient (Wildman–Crippen LogP) is 4.53. The molecule has 0 spiro atoms. The molecule has 1 aliphatic rings. The molecule has 1 fully saturated rings. The van der Waals surface area contributed by atoms with E-state index in [1.165, 1.54) is 10.8 Å². The summed E-state index contributed by atoms with van der Waals surface area (Å²) in [7, 11) is 0. The topological polar surface area (TPSA) is 79.6 Å². The molecule has 0 bridgehead atoms. The minimum atomic E-state index is -0.416. The first-order valence-electron chi connectivity index (χ1n) is 9.82. The highest BCUT2D eigenvalue weighted by Gasteiger charge is 2.25. The second kappa shape index (κ2) is 8.97. The quantitative estimate of drug-likeness (QED) is 0.412. The number of nitrogens with zero attached hydrogens (tertiary/aromatic N) is 4. The van der Waals surface area contributed by atoms with Gasteiger partial charge in [-0.25, -0.2) is 4.98 Å². The van der Waals surface area contributed by atoms with Gasteiger partial charge in [-0.1, -0.05) is 23.7 Å². The number of carbonyl (C=O) groups excluding carboxylic acids is 1. The maximum atomic E-state index is 12.6. The fraction of sp³-hybridized carbons (Fsp3) is 0.333. The largest absolute Gasteiger partial charge is 0.362 e. The first-order chi connectivity index (χ1) is 14.5. The molecule has 0 unspecified atom stereocenters. The first kappa shape index (κ1) is 20.6. The van der Waals surface area contributed by atoms with Gasteiger partial charge in [0.15, 0.2) is 0 Å². The molecule has 7 nitrogen and oxygen atoms in total. The van der Waals surface area contributed by atoms with Crippen LogP contribution >= 0.6 is 22.9 Å². The zero-order chi connectivity index (χ0) is 21.1. The Morgan fingerprint density at radius 1 is 1.17 bits per heavy atom. The Labute approximate surface area is 183 Å². The summed E-state index contributed by atoms with van der Waals surface area (Å²) in [6.45, 7) is 2.23. The lowest BCUT2D eigenvalue weighted by Crippen LogP contribution is -2.48. The number of piperazine rings is 1. The van der Waals surface area contributed by atoms with Crippen LogP contribution in [0.15, 0.2) is 42.5 Å². The van der Waals surface area contributed by atoms with Crippen LogP contribution in [0.25, 0.3) is 10.2 Å². The lowest BCUT2D eigenvalue weighted by molar-refractivity contribution is -0.384. The molecule has 30 heavy (non-hydrogen) atoms. The molecule has 4 rings (SSSR count). The van der Waals surface area contributed by atoms with Crippen molar-refractivity contribution in [2.45, 2.75) is 19.3 Å². The fourth-order valence-corrected chi connectivity index (χ4v) is 4.86. The number of hydrogen-bond donors (Lipinski definition) is 0. The van der Waals surface area contributed by atoms with Crippen LogP contribution in [0.2, 0.25) is 5.02 Å². The van der Waals surface area contributed by atoms with Gasteiger partial charge in [-0.3, -0.25) is 14.9 Å². The van der Waals surface area contributed by atoms with Crippen LogP contribution in [0.4, 0.5) is 11.4 Å². The SMILES string of the molecule is O=C(CCCc1nc2ccccc2s1)N1CCN(c2ccc(Cl)cc2[N+](=O)[O-])CC1. The van der Waals surface area contributed by atoms with E-state index in [0.717, 1.165) is 23.4 Å². The molecule has 9 heteroatoms. The summed E-state index contributed by atoms with van der Waals surface area (Å²) < 4.78 is 1.17. The average molecular weight is 445 g/mol. The van der Waals surface area contributed by atoms with Gasteiger partial charge in [0.05, 0.1) is 20.1 Å². The number of aryl methyl sites for hydroxylation is 1. The number of aromatic nitrogens is 1. The van der Waals surface area contributed by atoms with E-state index in [1.807, 2.05) is 28.0 Å². The van der Waals surface area contributed by atoms with E-state index in [2.05, 4.69) is 11.1 Å². The van der Waals surface area contributed by atoms with Crippen molar-refractivity contribution in [3.63, 3.8) is 0 Å². The monoisotopic (exact) mass is 444 g/mol. The number of fused-ring (bicyclic) bond motifs is 1. The number of nitro benzene ring substituents is 1. The predicted molar refractivity (Wildman–Crippen MR) is 119 cm³/mol. The standard InChI is InChI=1S/C21H21ClN4O3S/c22-15-8-9-17(18(14-15)26(28)29)24-10-12-25(13-11-24)21(27)7-3-6-20-23-16-4-1-2-5-19(16)30-20/h1-2,4-5,8-9,14H,3,6-7,10-13H2. The number of anilines is 1. The van der Waals surface area contributed by atoms with Crippen LogP contribution in [0.1, 0.15) is 17.8 Å². The summed E-state index contributed by atoms with van der Waals surface area (Å²) >= 11 is 7.58. The highest BCUT2D eigenvalue weighted by Crippen LogP contribution is 2.31. The number of rotatable bonds is 6. The average Bonchev–Trinajstić information content (AvgIpc) is 3.16. The first-order valence-corrected chi connectivity index (χ1v) is 11.0. The van der Waals surface area contributed by atoms with E-state index in [4.69, 9.17) is 11.6 Å². The third-order valence-corrected chi connectivity index (χ3v) is 6.56. The number of carbonyl (C=O) groups is 1. The smallest absolute Gasteiger partial charge is 0.294 e. The van der Waals surface area contributed by atoms with E-state index in [0.29, 0.717) is 43.3 Å². The van der Waals surface area contributed by atoms with Gasteiger partial charge in [-0.2, -0.15) is 0 Å². The lowest BCUT2D eigenvalue weighted by Gasteiger charge is -2.35. The van der Waals surface area contributed by atoms with Crippen LogP contribution in [0.3, 0.4) is 0 Å². The Morgan fingerprint density at radius 2 is 1.93 bits per heavy atom. The minimum Gasteiger partial charge on any atom is -0.362 e. The molecule has 3 aromatic rings. The highest BCUT2D eigenvalue weighted by atomic mass is 35.5. The summed E-state index contributed by atoms with van der Waals surface area (Å²) in [4.78, 5) is 31.9. The summed E-state index contributed by atoms with van der Waals surface area (Å²) in [5.74, 6) is 0.126. The molecular formula is C21H21ClN4O3S. The molecule has 1 aliphatic heterocycles. The van der Waals surface area contributed by atoms with Crippen LogP contribution in [-0.2, 0) is 11.2 Å². The third-order valence-electron chi connectivity index (χ3n) is 5.23. The Hall–Kier alpha value is -2.71. The molecule has 2 heterocycles. The van der Waals surface area contributed by atoms with Crippen LogP contribution < -0.4 is 4.90 Å². The summed E-state index contributed by atoms with van der Waals surface area (Å²) in [5.41, 5.74) is 1.56. The number of hydrogen-bond acceptors (Lipinski definition) is 6. The number of para-hydroxylation sites is 1. The third kappa shape index (κ3) is 4.55. The second-order valence-corrected chi connectivity index (χ2v) is 8.74. The van der Waals surface area contributed by atoms with Gasteiger partial charge in [0.25, 0.3) is 5.69 Å². The fourth-order valence-electron chi connectivity index (χ4n) is 3.68. The molecular weight excluding hydrogens is 424 g/mol. The number of benzene rings is 2. The number of amides is 1. The molecule has 2 aromatic carbocycles. The van der Waals surface area contributed by atoms with Crippen molar-refractivity contribution in [3.8, 4) is 0 Å². The maximum Gasteiger partial charge on any atom is 0.294 e. The maximum absolute atomic E-state index is 12.6. The van der Waals surface area contributed by atoms with E-state index < -0.39 is 4.92 Å². The summed E-state index contributed by atoms with van der Waals surface area (Å²) in [5, 5.41) is 12.7. The summed E-state index contributed by atoms with van der Waals surface area (Å²) in [6, 6.07) is 12.8. The van der Waals surface area contributed by atoms with Crippen molar-refractivity contribution in [1.29, 1.82) is 0 Å². The van der Waals surface area contributed by atoms with E-state index in [1.54, 1.807) is 23.5 Å². The van der Waals surface area contributed by atoms with E-state index >= 15 is 0 Å². The molecule has 0 aliphatic carbocycles. The molecule has 1 saturated heterocycles.